The van der Waals surface area contributed by atoms with Crippen LogP contribution >= 0.6 is 11.3 Å². The van der Waals surface area contributed by atoms with Crippen LogP contribution in [0.1, 0.15) is 16.6 Å². The predicted molar refractivity (Wildman–Crippen MR) is 93.1 cm³/mol. The summed E-state index contributed by atoms with van der Waals surface area (Å²) in [5.41, 5.74) is 1.07. The van der Waals surface area contributed by atoms with E-state index in [0.29, 0.717) is 23.1 Å². The van der Waals surface area contributed by atoms with Crippen LogP contribution in [0.3, 0.4) is 0 Å². The van der Waals surface area contributed by atoms with Crippen LogP contribution in [0.2, 0.25) is 0 Å². The molecule has 4 nitrogen and oxygen atoms in total. The first-order chi connectivity index (χ1) is 11.3. The maximum atomic E-state index is 12.5. The third kappa shape index (κ3) is 3.57. The second kappa shape index (κ2) is 7.07. The summed E-state index contributed by atoms with van der Waals surface area (Å²) in [6, 6.07) is 17.3. The summed E-state index contributed by atoms with van der Waals surface area (Å²) in [7, 11) is 0. The molecule has 23 heavy (non-hydrogen) atoms. The van der Waals surface area contributed by atoms with Crippen LogP contribution in [-0.2, 0) is 0 Å². The van der Waals surface area contributed by atoms with Gasteiger partial charge in [-0.1, -0.05) is 36.4 Å². The minimum Gasteiger partial charge on any atom is -0.492 e. The number of carbonyl (C=O) groups is 1. The predicted octanol–water partition coefficient (Wildman–Crippen LogP) is 4.46. The van der Waals surface area contributed by atoms with Crippen molar-refractivity contribution in [1.29, 1.82) is 0 Å². The number of rotatable bonds is 5. The van der Waals surface area contributed by atoms with E-state index in [1.807, 2.05) is 49.4 Å². The number of aromatic nitrogens is 1. The fourth-order valence-electron chi connectivity index (χ4n) is 2.15. The van der Waals surface area contributed by atoms with Gasteiger partial charge in [0.1, 0.15) is 16.4 Å². The molecule has 0 spiro atoms. The number of amides is 1. The zero-order valence-electron chi connectivity index (χ0n) is 12.7. The van der Waals surface area contributed by atoms with Crippen LogP contribution in [0, 0.1) is 0 Å². The van der Waals surface area contributed by atoms with Gasteiger partial charge in [-0.3, -0.25) is 4.79 Å². The zero-order valence-corrected chi connectivity index (χ0v) is 13.5. The molecule has 0 unspecified atom stereocenters. The van der Waals surface area contributed by atoms with Crippen molar-refractivity contribution in [1.82, 2.24) is 4.98 Å². The Labute approximate surface area is 138 Å². The fraction of sp³-hybridized carbons (Fsp3) is 0.111. The van der Waals surface area contributed by atoms with Gasteiger partial charge in [0.05, 0.1) is 6.61 Å². The highest BCUT2D eigenvalue weighted by Crippen LogP contribution is 2.36. The second-order valence-corrected chi connectivity index (χ2v) is 5.82. The van der Waals surface area contributed by atoms with Gasteiger partial charge in [-0.05, 0) is 30.7 Å². The molecule has 0 aliphatic heterocycles. The summed E-state index contributed by atoms with van der Waals surface area (Å²) in [5, 5.41) is 2.80. The van der Waals surface area contributed by atoms with E-state index in [0.717, 1.165) is 10.4 Å². The lowest BCUT2D eigenvalue weighted by Crippen LogP contribution is -2.12. The van der Waals surface area contributed by atoms with Gasteiger partial charge in [0.2, 0.25) is 0 Å². The van der Waals surface area contributed by atoms with E-state index in [1.165, 1.54) is 11.3 Å². The molecule has 1 aromatic carbocycles. The molecule has 0 fully saturated rings. The second-order valence-electron chi connectivity index (χ2n) is 4.77. The van der Waals surface area contributed by atoms with E-state index in [1.54, 1.807) is 18.3 Å². The number of nitrogens with zero attached hydrogens (tertiary/aromatic N) is 1. The molecule has 3 aromatic rings. The summed E-state index contributed by atoms with van der Waals surface area (Å²) in [5.74, 6) is 0.915. The van der Waals surface area contributed by atoms with Gasteiger partial charge in [0.25, 0.3) is 5.91 Å². The van der Waals surface area contributed by atoms with Gasteiger partial charge >= 0.3 is 0 Å². The average Bonchev–Trinajstić information content (AvgIpc) is 3.01. The number of anilines is 1. The van der Waals surface area contributed by atoms with E-state index in [2.05, 4.69) is 10.3 Å². The first-order valence-electron chi connectivity index (χ1n) is 7.32. The molecule has 0 aliphatic carbocycles. The molecule has 0 atom stereocenters. The molecule has 0 radical (unpaired) electrons. The van der Waals surface area contributed by atoms with Crippen molar-refractivity contribution in [2.75, 3.05) is 11.9 Å². The van der Waals surface area contributed by atoms with Gasteiger partial charge in [-0.2, -0.15) is 0 Å². The SMILES string of the molecule is CCOc1cc(-c2ccccc2)sc1C(=O)Nc1ccccn1. The van der Waals surface area contributed by atoms with Gasteiger partial charge < -0.3 is 10.1 Å². The summed E-state index contributed by atoms with van der Waals surface area (Å²) in [4.78, 5) is 18.2. The monoisotopic (exact) mass is 324 g/mol. The molecule has 0 bridgehead atoms. The van der Waals surface area contributed by atoms with Crippen molar-refractivity contribution in [3.05, 3.63) is 65.7 Å². The van der Waals surface area contributed by atoms with E-state index in [-0.39, 0.29) is 5.91 Å². The Morgan fingerprint density at radius 2 is 1.96 bits per heavy atom. The molecular formula is C18H16N2O2S. The summed E-state index contributed by atoms with van der Waals surface area (Å²) in [6.07, 6.45) is 1.64. The van der Waals surface area contributed by atoms with E-state index in [4.69, 9.17) is 4.74 Å². The molecule has 1 N–H and O–H groups in total. The van der Waals surface area contributed by atoms with Crippen LogP contribution < -0.4 is 10.1 Å². The van der Waals surface area contributed by atoms with E-state index >= 15 is 0 Å². The van der Waals surface area contributed by atoms with Crippen LogP contribution in [-0.4, -0.2) is 17.5 Å². The maximum absolute atomic E-state index is 12.5. The van der Waals surface area contributed by atoms with Gasteiger partial charge in [0.15, 0.2) is 0 Å². The number of pyridine rings is 1. The Hall–Kier alpha value is -2.66. The smallest absolute Gasteiger partial charge is 0.270 e. The molecule has 3 rings (SSSR count). The highest BCUT2D eigenvalue weighted by atomic mass is 32.1. The molecule has 2 aromatic heterocycles. The number of nitrogens with one attached hydrogen (secondary N) is 1. The standard InChI is InChI=1S/C18H16N2O2S/c1-2-22-14-12-15(13-8-4-3-5-9-13)23-17(14)18(21)20-16-10-6-7-11-19-16/h3-12H,2H2,1H3,(H,19,20,21). The van der Waals surface area contributed by atoms with Crippen LogP contribution in [0.25, 0.3) is 10.4 Å². The van der Waals surface area contributed by atoms with Gasteiger partial charge in [-0.25, -0.2) is 4.98 Å². The first-order valence-corrected chi connectivity index (χ1v) is 8.14. The Morgan fingerprint density at radius 3 is 2.65 bits per heavy atom. The maximum Gasteiger partial charge on any atom is 0.270 e. The number of ether oxygens (including phenoxy) is 1. The normalized spacial score (nSPS) is 10.3. The minimum absolute atomic E-state index is 0.209. The van der Waals surface area contributed by atoms with Gasteiger partial charge in [-0.15, -0.1) is 11.3 Å². The Morgan fingerprint density at radius 1 is 1.17 bits per heavy atom. The third-order valence-corrected chi connectivity index (χ3v) is 4.33. The van der Waals surface area contributed by atoms with Crippen molar-refractivity contribution >= 4 is 23.1 Å². The Bertz CT molecular complexity index is 785. The molecular weight excluding hydrogens is 308 g/mol. The first kappa shape index (κ1) is 15.2. The van der Waals surface area contributed by atoms with Crippen molar-refractivity contribution in [3.63, 3.8) is 0 Å². The quantitative estimate of drug-likeness (QED) is 0.754. The molecule has 1 amide bonds. The summed E-state index contributed by atoms with van der Waals surface area (Å²) < 4.78 is 5.63. The summed E-state index contributed by atoms with van der Waals surface area (Å²) in [6.45, 7) is 2.41. The molecule has 0 saturated heterocycles. The zero-order chi connectivity index (χ0) is 16.1. The lowest BCUT2D eigenvalue weighted by atomic mass is 10.2. The molecule has 116 valence electrons. The van der Waals surface area contributed by atoms with Gasteiger partial charge in [0, 0.05) is 11.1 Å². The van der Waals surface area contributed by atoms with Crippen molar-refractivity contribution in [2.45, 2.75) is 6.92 Å². The summed E-state index contributed by atoms with van der Waals surface area (Å²) >= 11 is 1.42. The molecule has 5 heteroatoms. The van der Waals surface area contributed by atoms with E-state index < -0.39 is 0 Å². The fourth-order valence-corrected chi connectivity index (χ4v) is 3.15. The molecule has 2 heterocycles. The highest BCUT2D eigenvalue weighted by Gasteiger charge is 2.18. The lowest BCUT2D eigenvalue weighted by molar-refractivity contribution is 0.102. The minimum atomic E-state index is -0.209. The number of benzene rings is 1. The van der Waals surface area contributed by atoms with Crippen LogP contribution in [0.15, 0.2) is 60.8 Å². The van der Waals surface area contributed by atoms with Crippen LogP contribution in [0.4, 0.5) is 5.82 Å². The van der Waals surface area contributed by atoms with Crippen molar-refractivity contribution in [2.24, 2.45) is 0 Å². The molecule has 0 saturated carbocycles. The highest BCUT2D eigenvalue weighted by molar-refractivity contribution is 7.17. The average molecular weight is 324 g/mol. The lowest BCUT2D eigenvalue weighted by Gasteiger charge is -2.05. The number of hydrogen-bond acceptors (Lipinski definition) is 4. The third-order valence-electron chi connectivity index (χ3n) is 3.17. The van der Waals surface area contributed by atoms with E-state index in [9.17, 15) is 4.79 Å². The van der Waals surface area contributed by atoms with Crippen LogP contribution in [0.5, 0.6) is 5.75 Å². The number of carbonyl (C=O) groups excluding carboxylic acids is 1. The molecule has 0 aliphatic rings. The van der Waals surface area contributed by atoms with Crippen molar-refractivity contribution < 1.29 is 9.53 Å². The van der Waals surface area contributed by atoms with Crippen molar-refractivity contribution in [3.8, 4) is 16.2 Å². The largest absolute Gasteiger partial charge is 0.492 e. The number of thiophene rings is 1. The Kier molecular flexibility index (Phi) is 4.68. The number of hydrogen-bond donors (Lipinski definition) is 1. The topological polar surface area (TPSA) is 51.2 Å². The Balaban J connectivity index is 1.91.